The molecule has 2 amide bonds. The van der Waals surface area contributed by atoms with Crippen molar-refractivity contribution >= 4 is 11.8 Å². The van der Waals surface area contributed by atoms with Crippen molar-refractivity contribution in [3.8, 4) is 0 Å². The maximum Gasteiger partial charge on any atom is 0.261 e. The molecule has 0 aliphatic carbocycles. The summed E-state index contributed by atoms with van der Waals surface area (Å²) in [5.41, 5.74) is 1.02. The summed E-state index contributed by atoms with van der Waals surface area (Å²) >= 11 is 0. The molecule has 3 rings (SSSR count). The second-order valence-electron chi connectivity index (χ2n) is 4.77. The largest absolute Gasteiger partial charge is 0.368 e. The van der Waals surface area contributed by atoms with Crippen molar-refractivity contribution < 1.29 is 14.3 Å². The minimum absolute atomic E-state index is 0.0344. The number of carbonyl (C=O) groups excluding carboxylic acids is 2. The molecular weight excluding hydrogens is 230 g/mol. The van der Waals surface area contributed by atoms with Crippen LogP contribution < -0.4 is 0 Å². The topological polar surface area (TPSA) is 49.9 Å². The molecule has 1 aromatic carbocycles. The van der Waals surface area contributed by atoms with E-state index in [1.165, 1.54) is 4.90 Å². The van der Waals surface area contributed by atoms with Crippen molar-refractivity contribution in [2.24, 2.45) is 0 Å². The van der Waals surface area contributed by atoms with E-state index >= 15 is 0 Å². The third-order valence-electron chi connectivity index (χ3n) is 3.50. The van der Waals surface area contributed by atoms with Crippen LogP contribution in [0.3, 0.4) is 0 Å². The second-order valence-corrected chi connectivity index (χ2v) is 4.77. The molecule has 4 heteroatoms. The van der Waals surface area contributed by atoms with Crippen LogP contribution in [0.15, 0.2) is 24.3 Å². The molecule has 94 valence electrons. The second kappa shape index (κ2) is 4.21. The number of hydrogen-bond acceptors (Lipinski definition) is 3. The summed E-state index contributed by atoms with van der Waals surface area (Å²) in [5, 5.41) is 0. The van der Waals surface area contributed by atoms with Crippen LogP contribution in [0.2, 0.25) is 0 Å². The van der Waals surface area contributed by atoms with Gasteiger partial charge in [0.25, 0.3) is 11.8 Å². The maximum absolute atomic E-state index is 12.1. The van der Waals surface area contributed by atoms with Crippen LogP contribution in [-0.2, 0) is 4.74 Å². The minimum atomic E-state index is -0.193. The Kier molecular flexibility index (Phi) is 2.67. The summed E-state index contributed by atoms with van der Waals surface area (Å²) in [6.07, 6.45) is 2.31. The van der Waals surface area contributed by atoms with Gasteiger partial charge in [-0.2, -0.15) is 0 Å². The van der Waals surface area contributed by atoms with Crippen molar-refractivity contribution in [1.82, 2.24) is 4.90 Å². The highest BCUT2D eigenvalue weighted by molar-refractivity contribution is 6.21. The molecule has 2 aliphatic heterocycles. The Morgan fingerprint density at radius 2 is 1.72 bits per heavy atom. The van der Waals surface area contributed by atoms with E-state index in [1.807, 2.05) is 0 Å². The standard InChI is InChI=1S/C14H15NO3/c1-2-5-11-12(18-11)8-15-13(16)9-6-3-4-7-10(9)14(15)17/h3-4,6-7,11-12H,2,5,8H2,1H3. The van der Waals surface area contributed by atoms with Gasteiger partial charge in [-0.25, -0.2) is 0 Å². The van der Waals surface area contributed by atoms with E-state index < -0.39 is 0 Å². The lowest BCUT2D eigenvalue weighted by Gasteiger charge is -2.11. The van der Waals surface area contributed by atoms with Crippen LogP contribution >= 0.6 is 0 Å². The van der Waals surface area contributed by atoms with Crippen LogP contribution in [0.1, 0.15) is 40.5 Å². The Morgan fingerprint density at radius 1 is 1.11 bits per heavy atom. The smallest absolute Gasteiger partial charge is 0.261 e. The van der Waals surface area contributed by atoms with Crippen molar-refractivity contribution in [2.75, 3.05) is 6.54 Å². The number of benzene rings is 1. The predicted molar refractivity (Wildman–Crippen MR) is 65.4 cm³/mol. The molecule has 0 spiro atoms. The molecule has 1 fully saturated rings. The van der Waals surface area contributed by atoms with Gasteiger partial charge in [-0.15, -0.1) is 0 Å². The molecule has 1 saturated heterocycles. The van der Waals surface area contributed by atoms with Gasteiger partial charge in [0.15, 0.2) is 0 Å². The molecule has 0 bridgehead atoms. The lowest BCUT2D eigenvalue weighted by Crippen LogP contribution is -2.33. The number of epoxide rings is 1. The van der Waals surface area contributed by atoms with Crippen molar-refractivity contribution in [1.29, 1.82) is 0 Å². The van der Waals surface area contributed by atoms with Gasteiger partial charge in [-0.1, -0.05) is 25.5 Å². The first kappa shape index (κ1) is 11.4. The Morgan fingerprint density at radius 3 is 2.28 bits per heavy atom. The molecule has 0 N–H and O–H groups in total. The van der Waals surface area contributed by atoms with Crippen LogP contribution in [0.25, 0.3) is 0 Å². The first-order valence-electron chi connectivity index (χ1n) is 6.33. The zero-order chi connectivity index (χ0) is 12.7. The number of carbonyl (C=O) groups is 2. The Hall–Kier alpha value is -1.68. The van der Waals surface area contributed by atoms with E-state index in [0.29, 0.717) is 17.7 Å². The van der Waals surface area contributed by atoms with Gasteiger partial charge in [0, 0.05) is 0 Å². The Balaban J connectivity index is 1.73. The van der Waals surface area contributed by atoms with Gasteiger partial charge in [0.2, 0.25) is 0 Å². The average molecular weight is 245 g/mol. The number of rotatable bonds is 4. The fourth-order valence-electron chi connectivity index (χ4n) is 2.46. The fraction of sp³-hybridized carbons (Fsp3) is 0.429. The third-order valence-corrected chi connectivity index (χ3v) is 3.50. The predicted octanol–water partition coefficient (Wildman–Crippen LogP) is 1.85. The summed E-state index contributed by atoms with van der Waals surface area (Å²) in [6, 6.07) is 6.96. The lowest BCUT2D eigenvalue weighted by molar-refractivity contribution is 0.0642. The average Bonchev–Trinajstić information content (AvgIpc) is 3.08. The summed E-state index contributed by atoms with van der Waals surface area (Å²) in [6.45, 7) is 2.48. The van der Waals surface area contributed by atoms with Gasteiger partial charge >= 0.3 is 0 Å². The Labute approximate surface area is 106 Å². The van der Waals surface area contributed by atoms with Gasteiger partial charge in [-0.05, 0) is 18.6 Å². The molecular formula is C14H15NO3. The van der Waals surface area contributed by atoms with Crippen molar-refractivity contribution in [2.45, 2.75) is 32.0 Å². The van der Waals surface area contributed by atoms with Crippen LogP contribution in [-0.4, -0.2) is 35.5 Å². The monoisotopic (exact) mass is 245 g/mol. The molecule has 2 heterocycles. The minimum Gasteiger partial charge on any atom is -0.368 e. The molecule has 18 heavy (non-hydrogen) atoms. The summed E-state index contributed by atoms with van der Waals surface area (Å²) in [4.78, 5) is 25.5. The lowest BCUT2D eigenvalue weighted by atomic mass is 10.1. The van der Waals surface area contributed by atoms with Crippen molar-refractivity contribution in [3.63, 3.8) is 0 Å². The number of fused-ring (bicyclic) bond motifs is 1. The number of amides is 2. The third kappa shape index (κ3) is 1.73. The van der Waals surface area contributed by atoms with E-state index in [1.54, 1.807) is 24.3 Å². The number of nitrogens with zero attached hydrogens (tertiary/aromatic N) is 1. The number of ether oxygens (including phenoxy) is 1. The molecule has 4 nitrogen and oxygen atoms in total. The quantitative estimate of drug-likeness (QED) is 0.601. The highest BCUT2D eigenvalue weighted by atomic mass is 16.6. The molecule has 0 aromatic heterocycles. The van der Waals surface area contributed by atoms with Gasteiger partial charge in [-0.3, -0.25) is 14.5 Å². The summed E-state index contributed by atoms with van der Waals surface area (Å²) < 4.78 is 5.47. The molecule has 0 saturated carbocycles. The van der Waals surface area contributed by atoms with Gasteiger partial charge in [0.05, 0.1) is 23.8 Å². The van der Waals surface area contributed by atoms with Crippen LogP contribution in [0, 0.1) is 0 Å². The highest BCUT2D eigenvalue weighted by Gasteiger charge is 2.44. The zero-order valence-corrected chi connectivity index (χ0v) is 10.3. The van der Waals surface area contributed by atoms with Crippen molar-refractivity contribution in [3.05, 3.63) is 35.4 Å². The van der Waals surface area contributed by atoms with Gasteiger partial charge in [0.1, 0.15) is 6.10 Å². The van der Waals surface area contributed by atoms with E-state index in [9.17, 15) is 9.59 Å². The molecule has 1 aromatic rings. The first-order chi connectivity index (χ1) is 8.72. The SMILES string of the molecule is CCCC1OC1CN1C(=O)c2ccccc2C1=O. The number of hydrogen-bond donors (Lipinski definition) is 0. The number of imide groups is 1. The molecule has 2 aliphatic rings. The van der Waals surface area contributed by atoms with Crippen LogP contribution in [0.5, 0.6) is 0 Å². The van der Waals surface area contributed by atoms with E-state index in [2.05, 4.69) is 6.92 Å². The molecule has 2 unspecified atom stereocenters. The van der Waals surface area contributed by atoms with Crippen LogP contribution in [0.4, 0.5) is 0 Å². The van der Waals surface area contributed by atoms with E-state index in [4.69, 9.17) is 4.74 Å². The molecule has 2 atom stereocenters. The Bertz CT molecular complexity index is 477. The van der Waals surface area contributed by atoms with E-state index in [-0.39, 0.29) is 24.0 Å². The summed E-state index contributed by atoms with van der Waals surface area (Å²) in [5.74, 6) is -0.386. The highest BCUT2D eigenvalue weighted by Crippen LogP contribution is 2.30. The summed E-state index contributed by atoms with van der Waals surface area (Å²) in [7, 11) is 0. The zero-order valence-electron chi connectivity index (χ0n) is 10.3. The molecule has 0 radical (unpaired) electrons. The maximum atomic E-state index is 12.1. The first-order valence-corrected chi connectivity index (χ1v) is 6.33. The van der Waals surface area contributed by atoms with Gasteiger partial charge < -0.3 is 4.74 Å². The van der Waals surface area contributed by atoms with E-state index in [0.717, 1.165) is 12.8 Å². The normalized spacial score (nSPS) is 25.5. The fourth-order valence-corrected chi connectivity index (χ4v) is 2.46.